The molecule has 1 N–H and O–H groups in total. The minimum atomic E-state index is 0.111. The zero-order valence-electron chi connectivity index (χ0n) is 11.6. The molecule has 1 saturated carbocycles. The molecule has 1 fully saturated rings. The van der Waals surface area contributed by atoms with E-state index in [1.807, 2.05) is 6.92 Å². The molecule has 0 radical (unpaired) electrons. The molecule has 4 heteroatoms. The Morgan fingerprint density at radius 3 is 2.78 bits per heavy atom. The van der Waals surface area contributed by atoms with Crippen LogP contribution in [-0.4, -0.2) is 16.2 Å². The van der Waals surface area contributed by atoms with Gasteiger partial charge in [-0.2, -0.15) is 4.37 Å². The van der Waals surface area contributed by atoms with E-state index in [2.05, 4.69) is 23.5 Å². The number of ketones is 1. The summed E-state index contributed by atoms with van der Waals surface area (Å²) in [4.78, 5) is 11.7. The second-order valence-electron chi connectivity index (χ2n) is 5.55. The average Bonchev–Trinajstić information content (AvgIpc) is 2.66. The van der Waals surface area contributed by atoms with Crippen molar-refractivity contribution in [2.75, 3.05) is 5.32 Å². The third-order valence-electron chi connectivity index (χ3n) is 4.24. The van der Waals surface area contributed by atoms with Crippen LogP contribution in [0.5, 0.6) is 0 Å². The van der Waals surface area contributed by atoms with Crippen molar-refractivity contribution in [2.24, 2.45) is 11.8 Å². The fourth-order valence-corrected chi connectivity index (χ4v) is 3.74. The highest BCUT2D eigenvalue weighted by atomic mass is 32.1. The van der Waals surface area contributed by atoms with Crippen molar-refractivity contribution in [3.63, 3.8) is 0 Å². The van der Waals surface area contributed by atoms with Gasteiger partial charge in [-0.1, -0.05) is 26.7 Å². The Morgan fingerprint density at radius 1 is 1.39 bits per heavy atom. The van der Waals surface area contributed by atoms with Crippen molar-refractivity contribution in [1.82, 2.24) is 4.37 Å². The van der Waals surface area contributed by atoms with E-state index < -0.39 is 0 Å². The van der Waals surface area contributed by atoms with E-state index in [4.69, 9.17) is 0 Å². The first-order chi connectivity index (χ1) is 8.50. The second-order valence-corrected chi connectivity index (χ2v) is 6.32. The van der Waals surface area contributed by atoms with Crippen LogP contribution in [0.25, 0.3) is 0 Å². The number of rotatable bonds is 3. The molecule has 100 valence electrons. The Balaban J connectivity index is 2.16. The highest BCUT2D eigenvalue weighted by molar-refractivity contribution is 7.10. The quantitative estimate of drug-likeness (QED) is 0.844. The molecule has 1 aliphatic carbocycles. The molecule has 3 nitrogen and oxygen atoms in total. The van der Waals surface area contributed by atoms with Gasteiger partial charge in [0.1, 0.15) is 5.00 Å². The van der Waals surface area contributed by atoms with Crippen molar-refractivity contribution in [2.45, 2.75) is 53.0 Å². The number of carbonyl (C=O) groups is 1. The Hall–Kier alpha value is -0.900. The SMILES string of the molecule is CC(=O)c1c(C)nsc1NC1CCCC(C)C1C. The lowest BCUT2D eigenvalue weighted by Gasteiger charge is -2.34. The van der Waals surface area contributed by atoms with Gasteiger partial charge in [0.05, 0.1) is 11.3 Å². The van der Waals surface area contributed by atoms with E-state index in [1.165, 1.54) is 30.8 Å². The topological polar surface area (TPSA) is 42.0 Å². The summed E-state index contributed by atoms with van der Waals surface area (Å²) in [5.41, 5.74) is 1.64. The first kappa shape index (κ1) is 13.5. The van der Waals surface area contributed by atoms with E-state index in [0.717, 1.165) is 22.2 Å². The third-order valence-corrected chi connectivity index (χ3v) is 5.11. The summed E-state index contributed by atoms with van der Waals surface area (Å²) in [5, 5.41) is 4.53. The van der Waals surface area contributed by atoms with Gasteiger partial charge in [-0.15, -0.1) is 0 Å². The Morgan fingerprint density at radius 2 is 2.11 bits per heavy atom. The summed E-state index contributed by atoms with van der Waals surface area (Å²) in [6.45, 7) is 8.16. The van der Waals surface area contributed by atoms with Crippen LogP contribution >= 0.6 is 11.5 Å². The molecule has 1 aliphatic rings. The molecule has 18 heavy (non-hydrogen) atoms. The second kappa shape index (κ2) is 5.39. The highest BCUT2D eigenvalue weighted by Crippen LogP contribution is 2.34. The normalized spacial score (nSPS) is 28.1. The molecule has 0 aromatic carbocycles. The van der Waals surface area contributed by atoms with Crippen molar-refractivity contribution in [3.05, 3.63) is 11.3 Å². The molecule has 0 saturated heterocycles. The molecule has 1 heterocycles. The smallest absolute Gasteiger partial charge is 0.164 e. The number of aryl methyl sites for hydroxylation is 1. The molecule has 2 rings (SSSR count). The minimum Gasteiger partial charge on any atom is -0.372 e. The highest BCUT2D eigenvalue weighted by Gasteiger charge is 2.28. The van der Waals surface area contributed by atoms with Gasteiger partial charge in [-0.3, -0.25) is 4.79 Å². The van der Waals surface area contributed by atoms with Crippen LogP contribution in [0.15, 0.2) is 0 Å². The van der Waals surface area contributed by atoms with E-state index in [1.54, 1.807) is 6.92 Å². The lowest BCUT2D eigenvalue weighted by Crippen LogP contribution is -2.35. The summed E-state index contributed by atoms with van der Waals surface area (Å²) < 4.78 is 4.31. The Kier molecular flexibility index (Phi) is 4.05. The van der Waals surface area contributed by atoms with Crippen LogP contribution in [0.1, 0.15) is 56.1 Å². The monoisotopic (exact) mass is 266 g/mol. The lowest BCUT2D eigenvalue weighted by atomic mass is 9.78. The first-order valence-electron chi connectivity index (χ1n) is 6.74. The van der Waals surface area contributed by atoms with Crippen LogP contribution in [0, 0.1) is 18.8 Å². The van der Waals surface area contributed by atoms with Crippen LogP contribution in [-0.2, 0) is 0 Å². The Labute approximate surface area is 113 Å². The minimum absolute atomic E-state index is 0.111. The molecule has 0 amide bonds. The summed E-state index contributed by atoms with van der Waals surface area (Å²) in [6.07, 6.45) is 3.79. The van der Waals surface area contributed by atoms with E-state index in [-0.39, 0.29) is 5.78 Å². The summed E-state index contributed by atoms with van der Waals surface area (Å²) >= 11 is 1.42. The zero-order chi connectivity index (χ0) is 13.3. The largest absolute Gasteiger partial charge is 0.372 e. The van der Waals surface area contributed by atoms with Crippen LogP contribution in [0.4, 0.5) is 5.00 Å². The fourth-order valence-electron chi connectivity index (χ4n) is 2.84. The molecule has 0 spiro atoms. The van der Waals surface area contributed by atoms with Gasteiger partial charge in [-0.05, 0) is 43.6 Å². The molecule has 1 aromatic heterocycles. The number of anilines is 1. The van der Waals surface area contributed by atoms with Crippen molar-refractivity contribution < 1.29 is 4.79 Å². The number of carbonyl (C=O) groups excluding carboxylic acids is 1. The number of hydrogen-bond donors (Lipinski definition) is 1. The maximum absolute atomic E-state index is 11.7. The van der Waals surface area contributed by atoms with Crippen molar-refractivity contribution >= 4 is 22.3 Å². The van der Waals surface area contributed by atoms with Gasteiger partial charge in [0, 0.05) is 6.04 Å². The first-order valence-corrected chi connectivity index (χ1v) is 7.51. The van der Waals surface area contributed by atoms with E-state index in [9.17, 15) is 4.79 Å². The number of Topliss-reactive ketones (excluding diaryl/α,β-unsaturated/α-hetero) is 1. The van der Waals surface area contributed by atoms with Crippen LogP contribution in [0.2, 0.25) is 0 Å². The Bertz CT molecular complexity index is 441. The number of hydrogen-bond acceptors (Lipinski definition) is 4. The van der Waals surface area contributed by atoms with E-state index >= 15 is 0 Å². The average molecular weight is 266 g/mol. The van der Waals surface area contributed by atoms with Gasteiger partial charge in [-0.25, -0.2) is 0 Å². The van der Waals surface area contributed by atoms with Gasteiger partial charge >= 0.3 is 0 Å². The van der Waals surface area contributed by atoms with Crippen LogP contribution in [0.3, 0.4) is 0 Å². The van der Waals surface area contributed by atoms with Crippen molar-refractivity contribution in [3.8, 4) is 0 Å². The molecular formula is C14H22N2OS. The summed E-state index contributed by atoms with van der Waals surface area (Å²) in [6, 6.07) is 0.478. The van der Waals surface area contributed by atoms with Gasteiger partial charge in [0.25, 0.3) is 0 Å². The standard InChI is InChI=1S/C14H22N2OS/c1-8-6-5-7-12(9(8)2)15-14-13(11(4)17)10(3)16-18-14/h8-9,12,15H,5-7H2,1-4H3. The van der Waals surface area contributed by atoms with Gasteiger partial charge in [0.2, 0.25) is 0 Å². The number of aromatic nitrogens is 1. The van der Waals surface area contributed by atoms with E-state index in [0.29, 0.717) is 12.0 Å². The summed E-state index contributed by atoms with van der Waals surface area (Å²) in [7, 11) is 0. The molecule has 3 atom stereocenters. The fraction of sp³-hybridized carbons (Fsp3) is 0.714. The maximum Gasteiger partial charge on any atom is 0.164 e. The molecule has 0 bridgehead atoms. The molecular weight excluding hydrogens is 244 g/mol. The number of nitrogens with zero attached hydrogens (tertiary/aromatic N) is 1. The predicted octanol–water partition coefficient (Wildman–Crippen LogP) is 3.89. The molecule has 0 aliphatic heterocycles. The van der Waals surface area contributed by atoms with Gasteiger partial charge in [0.15, 0.2) is 5.78 Å². The molecule has 3 unspecified atom stereocenters. The third kappa shape index (κ3) is 2.58. The van der Waals surface area contributed by atoms with Crippen molar-refractivity contribution in [1.29, 1.82) is 0 Å². The zero-order valence-corrected chi connectivity index (χ0v) is 12.4. The van der Waals surface area contributed by atoms with Gasteiger partial charge < -0.3 is 5.32 Å². The van der Waals surface area contributed by atoms with Crippen LogP contribution < -0.4 is 5.32 Å². The summed E-state index contributed by atoms with van der Waals surface area (Å²) in [5.74, 6) is 1.52. The molecule has 1 aromatic rings. The number of nitrogens with one attached hydrogen (secondary N) is 1. The lowest BCUT2D eigenvalue weighted by molar-refractivity contribution is 0.101. The maximum atomic E-state index is 11.7. The predicted molar refractivity (Wildman–Crippen MR) is 76.4 cm³/mol.